The van der Waals surface area contributed by atoms with Crippen LogP contribution in [0.2, 0.25) is 0 Å². The first kappa shape index (κ1) is 13.5. The minimum absolute atomic E-state index is 0.271. The Morgan fingerprint density at radius 1 is 1.37 bits per heavy atom. The second-order valence-corrected chi connectivity index (χ2v) is 4.46. The molecule has 0 spiro atoms. The van der Waals surface area contributed by atoms with Gasteiger partial charge in [0.15, 0.2) is 12.4 Å². The summed E-state index contributed by atoms with van der Waals surface area (Å²) in [6.45, 7) is 4.82. The van der Waals surface area contributed by atoms with Crippen LogP contribution in [-0.2, 0) is 19.6 Å². The molecule has 0 amide bonds. The van der Waals surface area contributed by atoms with Crippen LogP contribution in [0.25, 0.3) is 0 Å². The Labute approximate surface area is 112 Å². The molecule has 0 bridgehead atoms. The number of rotatable bonds is 6. The van der Waals surface area contributed by atoms with Gasteiger partial charge in [-0.25, -0.2) is 0 Å². The summed E-state index contributed by atoms with van der Waals surface area (Å²) in [5.74, 6) is 1.99. The van der Waals surface area contributed by atoms with E-state index in [-0.39, 0.29) is 6.61 Å². The molecule has 0 unspecified atom stereocenters. The lowest BCUT2D eigenvalue weighted by molar-refractivity contribution is 0.240. The van der Waals surface area contributed by atoms with Gasteiger partial charge in [0, 0.05) is 18.5 Å². The van der Waals surface area contributed by atoms with Gasteiger partial charge in [-0.05, 0) is 19.4 Å². The van der Waals surface area contributed by atoms with Crippen molar-refractivity contribution in [3.8, 4) is 5.75 Å². The zero-order chi connectivity index (χ0) is 13.7. The Balaban J connectivity index is 2.01. The van der Waals surface area contributed by atoms with Gasteiger partial charge in [0.25, 0.3) is 5.89 Å². The molecule has 0 atom stereocenters. The first-order chi connectivity index (χ1) is 9.22. The molecule has 0 aliphatic carbocycles. The number of nitrogens with zero attached hydrogens (tertiary/aromatic N) is 2. The molecular formula is C14H19N3O2. The zero-order valence-corrected chi connectivity index (χ0v) is 11.3. The minimum atomic E-state index is 0.271. The first-order valence-electron chi connectivity index (χ1n) is 6.46. The van der Waals surface area contributed by atoms with Gasteiger partial charge in [-0.1, -0.05) is 29.8 Å². The van der Waals surface area contributed by atoms with Crippen LogP contribution in [0, 0.1) is 6.92 Å². The van der Waals surface area contributed by atoms with Crippen molar-refractivity contribution in [2.24, 2.45) is 5.73 Å². The Morgan fingerprint density at radius 2 is 2.21 bits per heavy atom. The third-order valence-electron chi connectivity index (χ3n) is 2.77. The van der Waals surface area contributed by atoms with E-state index in [0.717, 1.165) is 35.5 Å². The molecule has 0 radical (unpaired) electrons. The number of benzene rings is 1. The number of hydrogen-bond acceptors (Lipinski definition) is 5. The highest BCUT2D eigenvalue weighted by Gasteiger charge is 2.08. The van der Waals surface area contributed by atoms with E-state index in [9.17, 15) is 0 Å². The summed E-state index contributed by atoms with van der Waals surface area (Å²) in [4.78, 5) is 4.25. The van der Waals surface area contributed by atoms with Crippen LogP contribution in [0.5, 0.6) is 5.75 Å². The van der Waals surface area contributed by atoms with Crippen LogP contribution in [0.4, 0.5) is 0 Å². The average molecular weight is 261 g/mol. The summed E-state index contributed by atoms with van der Waals surface area (Å²) in [5, 5.41) is 3.88. The highest BCUT2D eigenvalue weighted by atomic mass is 16.5. The fraction of sp³-hybridized carbons (Fsp3) is 0.429. The van der Waals surface area contributed by atoms with Gasteiger partial charge in [-0.15, -0.1) is 0 Å². The number of hydrogen-bond donors (Lipinski definition) is 1. The van der Waals surface area contributed by atoms with Gasteiger partial charge < -0.3 is 15.0 Å². The van der Waals surface area contributed by atoms with Gasteiger partial charge >= 0.3 is 0 Å². The number of aryl methyl sites for hydroxylation is 2. The SMILES string of the molecule is CCCc1noc(COc2ccc(C)cc2CN)n1. The van der Waals surface area contributed by atoms with Crippen molar-refractivity contribution >= 4 is 0 Å². The lowest BCUT2D eigenvalue weighted by atomic mass is 10.1. The van der Waals surface area contributed by atoms with Crippen LogP contribution in [0.1, 0.15) is 36.2 Å². The molecule has 0 aliphatic heterocycles. The topological polar surface area (TPSA) is 74.2 Å². The van der Waals surface area contributed by atoms with Gasteiger partial charge in [0.05, 0.1) is 0 Å². The van der Waals surface area contributed by atoms with Crippen molar-refractivity contribution in [1.29, 1.82) is 0 Å². The monoisotopic (exact) mass is 261 g/mol. The van der Waals surface area contributed by atoms with Crippen LogP contribution in [-0.4, -0.2) is 10.1 Å². The summed E-state index contributed by atoms with van der Waals surface area (Å²) >= 11 is 0. The second-order valence-electron chi connectivity index (χ2n) is 4.46. The molecule has 5 heteroatoms. The third-order valence-corrected chi connectivity index (χ3v) is 2.77. The predicted octanol–water partition coefficient (Wildman–Crippen LogP) is 2.37. The minimum Gasteiger partial charge on any atom is -0.483 e. The summed E-state index contributed by atoms with van der Waals surface area (Å²) in [7, 11) is 0. The maximum absolute atomic E-state index is 5.70. The van der Waals surface area contributed by atoms with Gasteiger partial charge in [-0.2, -0.15) is 4.98 Å². The zero-order valence-electron chi connectivity index (χ0n) is 11.3. The molecule has 102 valence electrons. The van der Waals surface area contributed by atoms with E-state index >= 15 is 0 Å². The van der Waals surface area contributed by atoms with E-state index in [1.165, 1.54) is 0 Å². The summed E-state index contributed by atoms with van der Waals surface area (Å²) in [6.07, 6.45) is 1.82. The summed E-state index contributed by atoms with van der Waals surface area (Å²) in [6, 6.07) is 5.93. The molecular weight excluding hydrogens is 242 g/mol. The maximum atomic E-state index is 5.70. The third kappa shape index (κ3) is 3.54. The van der Waals surface area contributed by atoms with E-state index < -0.39 is 0 Å². The fourth-order valence-electron chi connectivity index (χ4n) is 1.82. The lowest BCUT2D eigenvalue weighted by Crippen LogP contribution is -2.03. The normalized spacial score (nSPS) is 10.7. The standard InChI is InChI=1S/C14H19N3O2/c1-3-4-13-16-14(19-17-13)9-18-12-6-5-10(2)7-11(12)8-15/h5-7H,3-4,8-9,15H2,1-2H3. The smallest absolute Gasteiger partial charge is 0.264 e. The summed E-state index contributed by atoms with van der Waals surface area (Å²) in [5.41, 5.74) is 7.84. The van der Waals surface area contributed by atoms with E-state index in [0.29, 0.717) is 12.4 Å². The molecule has 1 heterocycles. The molecule has 1 aromatic heterocycles. The molecule has 2 rings (SSSR count). The molecule has 1 aromatic carbocycles. The van der Waals surface area contributed by atoms with Gasteiger partial charge in [0.1, 0.15) is 5.75 Å². The van der Waals surface area contributed by atoms with Crippen LogP contribution in [0.15, 0.2) is 22.7 Å². The number of aromatic nitrogens is 2. The molecule has 0 saturated carbocycles. The largest absolute Gasteiger partial charge is 0.483 e. The Morgan fingerprint density at radius 3 is 2.95 bits per heavy atom. The van der Waals surface area contributed by atoms with E-state index in [4.69, 9.17) is 15.0 Å². The fourth-order valence-corrected chi connectivity index (χ4v) is 1.82. The molecule has 5 nitrogen and oxygen atoms in total. The lowest BCUT2D eigenvalue weighted by Gasteiger charge is -2.09. The Hall–Kier alpha value is -1.88. The predicted molar refractivity (Wildman–Crippen MR) is 71.7 cm³/mol. The molecule has 2 N–H and O–H groups in total. The van der Waals surface area contributed by atoms with Crippen molar-refractivity contribution in [2.45, 2.75) is 39.8 Å². The molecule has 2 aromatic rings. The average Bonchev–Trinajstić information content (AvgIpc) is 2.85. The van der Waals surface area contributed by atoms with Crippen molar-refractivity contribution < 1.29 is 9.26 Å². The number of ether oxygens (including phenoxy) is 1. The summed E-state index contributed by atoms with van der Waals surface area (Å²) < 4.78 is 10.8. The van der Waals surface area contributed by atoms with Crippen molar-refractivity contribution in [3.63, 3.8) is 0 Å². The van der Waals surface area contributed by atoms with Gasteiger partial charge in [0.2, 0.25) is 0 Å². The van der Waals surface area contributed by atoms with Crippen LogP contribution in [0.3, 0.4) is 0 Å². The highest BCUT2D eigenvalue weighted by Crippen LogP contribution is 2.20. The van der Waals surface area contributed by atoms with Crippen molar-refractivity contribution in [1.82, 2.24) is 10.1 Å². The Kier molecular flexibility index (Phi) is 4.52. The van der Waals surface area contributed by atoms with E-state index in [2.05, 4.69) is 17.1 Å². The van der Waals surface area contributed by atoms with E-state index in [1.807, 2.05) is 25.1 Å². The molecule has 0 aliphatic rings. The first-order valence-corrected chi connectivity index (χ1v) is 6.46. The number of nitrogens with two attached hydrogens (primary N) is 1. The Bertz CT molecular complexity index is 537. The van der Waals surface area contributed by atoms with Crippen LogP contribution < -0.4 is 10.5 Å². The van der Waals surface area contributed by atoms with E-state index in [1.54, 1.807) is 0 Å². The van der Waals surface area contributed by atoms with Crippen LogP contribution >= 0.6 is 0 Å². The highest BCUT2D eigenvalue weighted by molar-refractivity contribution is 5.36. The molecule has 0 fully saturated rings. The van der Waals surface area contributed by atoms with Gasteiger partial charge in [-0.3, -0.25) is 0 Å². The molecule has 19 heavy (non-hydrogen) atoms. The van der Waals surface area contributed by atoms with Crippen molar-refractivity contribution in [3.05, 3.63) is 41.0 Å². The quantitative estimate of drug-likeness (QED) is 0.864. The van der Waals surface area contributed by atoms with Crippen molar-refractivity contribution in [2.75, 3.05) is 0 Å². The second kappa shape index (κ2) is 6.33. The molecule has 0 saturated heterocycles. The maximum Gasteiger partial charge on any atom is 0.264 e.